The average molecular weight is 206 g/mol. The zero-order valence-electron chi connectivity index (χ0n) is 9.67. The molecule has 2 nitrogen and oxygen atoms in total. The van der Waals surface area contributed by atoms with E-state index in [1.165, 1.54) is 6.42 Å². The van der Waals surface area contributed by atoms with Crippen LogP contribution in [-0.4, -0.2) is 11.6 Å². The summed E-state index contributed by atoms with van der Waals surface area (Å²) in [6, 6.07) is 0. The van der Waals surface area contributed by atoms with Crippen LogP contribution in [0.3, 0.4) is 0 Å². The van der Waals surface area contributed by atoms with Crippen molar-refractivity contribution in [1.82, 2.24) is 0 Å². The standard InChI is InChI=1S/C13H18O2/c1-7-9-5-8-6-10(12(8,2)3)13(9,4)15-11(7)14/h8-10H,1,5-6H2,2-4H3/t8-,9+,10-,13-/m1/s1. The van der Waals surface area contributed by atoms with E-state index in [0.29, 0.717) is 16.9 Å². The molecule has 4 fully saturated rings. The summed E-state index contributed by atoms with van der Waals surface area (Å²) in [5.74, 6) is 1.40. The Bertz CT molecular complexity index is 369. The molecule has 0 aromatic heterocycles. The fourth-order valence-electron chi connectivity index (χ4n) is 4.19. The van der Waals surface area contributed by atoms with Gasteiger partial charge in [0.1, 0.15) is 5.60 Å². The molecular formula is C13H18O2. The van der Waals surface area contributed by atoms with Crippen molar-refractivity contribution in [3.63, 3.8) is 0 Å². The van der Waals surface area contributed by atoms with E-state index in [9.17, 15) is 4.79 Å². The van der Waals surface area contributed by atoms with Gasteiger partial charge in [0.15, 0.2) is 0 Å². The third-order valence-electron chi connectivity index (χ3n) is 5.37. The Morgan fingerprint density at radius 2 is 2.00 bits per heavy atom. The second-order valence-corrected chi connectivity index (χ2v) is 6.19. The van der Waals surface area contributed by atoms with Crippen LogP contribution >= 0.6 is 0 Å². The maximum atomic E-state index is 11.6. The van der Waals surface area contributed by atoms with Gasteiger partial charge in [0, 0.05) is 17.4 Å². The van der Waals surface area contributed by atoms with Crippen LogP contribution in [0.2, 0.25) is 0 Å². The fraction of sp³-hybridized carbons (Fsp3) is 0.769. The summed E-state index contributed by atoms with van der Waals surface area (Å²) in [6.07, 6.45) is 2.31. The zero-order chi connectivity index (χ0) is 11.0. The molecule has 15 heavy (non-hydrogen) atoms. The molecule has 0 aromatic carbocycles. The minimum absolute atomic E-state index is 0.161. The average Bonchev–Trinajstić information content (AvgIpc) is 2.37. The maximum absolute atomic E-state index is 11.6. The molecule has 3 saturated carbocycles. The molecule has 0 N–H and O–H groups in total. The van der Waals surface area contributed by atoms with Gasteiger partial charge in [-0.1, -0.05) is 20.4 Å². The van der Waals surface area contributed by atoms with Crippen molar-refractivity contribution >= 4 is 5.97 Å². The van der Waals surface area contributed by atoms with Crippen molar-refractivity contribution < 1.29 is 9.53 Å². The van der Waals surface area contributed by atoms with E-state index in [-0.39, 0.29) is 17.5 Å². The first-order valence-electron chi connectivity index (χ1n) is 5.79. The molecule has 2 heteroatoms. The number of hydrogen-bond acceptors (Lipinski definition) is 2. The van der Waals surface area contributed by atoms with Gasteiger partial charge in [-0.05, 0) is 31.1 Å². The van der Waals surface area contributed by atoms with Crippen LogP contribution in [0, 0.1) is 23.2 Å². The summed E-state index contributed by atoms with van der Waals surface area (Å²) in [7, 11) is 0. The largest absolute Gasteiger partial charge is 0.455 e. The van der Waals surface area contributed by atoms with Gasteiger partial charge in [-0.25, -0.2) is 4.79 Å². The molecule has 2 bridgehead atoms. The molecular weight excluding hydrogens is 188 g/mol. The first kappa shape index (κ1) is 9.44. The van der Waals surface area contributed by atoms with Crippen molar-refractivity contribution in [2.24, 2.45) is 23.2 Å². The highest BCUT2D eigenvalue weighted by atomic mass is 16.6. The molecule has 4 aliphatic rings. The Morgan fingerprint density at radius 3 is 2.60 bits per heavy atom. The third kappa shape index (κ3) is 0.849. The molecule has 3 aliphatic carbocycles. The number of carbonyl (C=O) groups excluding carboxylic acids is 1. The summed E-state index contributed by atoms with van der Waals surface area (Å²) < 4.78 is 5.61. The number of esters is 1. The zero-order valence-corrected chi connectivity index (χ0v) is 9.67. The molecule has 0 amide bonds. The Labute approximate surface area is 90.7 Å². The van der Waals surface area contributed by atoms with Crippen molar-refractivity contribution in [2.45, 2.75) is 39.2 Å². The molecule has 0 aromatic rings. The maximum Gasteiger partial charge on any atom is 0.334 e. The van der Waals surface area contributed by atoms with Crippen LogP contribution in [0.5, 0.6) is 0 Å². The number of carbonyl (C=O) groups is 1. The summed E-state index contributed by atoms with van der Waals surface area (Å²) >= 11 is 0. The second kappa shape index (κ2) is 2.31. The quantitative estimate of drug-likeness (QED) is 0.449. The number of rotatable bonds is 0. The Balaban J connectivity index is 2.04. The van der Waals surface area contributed by atoms with Gasteiger partial charge in [0.2, 0.25) is 0 Å². The summed E-state index contributed by atoms with van der Waals surface area (Å²) in [4.78, 5) is 11.6. The van der Waals surface area contributed by atoms with E-state index >= 15 is 0 Å². The SMILES string of the molecule is C=C1C(=O)O[C@@]2(C)[C@@H]3C[C@@H](C[C@@H]12)C3(C)C. The van der Waals surface area contributed by atoms with Crippen LogP contribution in [0.25, 0.3) is 0 Å². The highest BCUT2D eigenvalue weighted by molar-refractivity contribution is 5.91. The minimum atomic E-state index is -0.258. The van der Waals surface area contributed by atoms with Crippen molar-refractivity contribution in [2.75, 3.05) is 0 Å². The molecule has 0 unspecified atom stereocenters. The van der Waals surface area contributed by atoms with Gasteiger partial charge < -0.3 is 4.74 Å². The minimum Gasteiger partial charge on any atom is -0.455 e. The molecule has 4 rings (SSSR count). The summed E-state index contributed by atoms with van der Waals surface area (Å²) in [5.41, 5.74) is 0.797. The lowest BCUT2D eigenvalue weighted by molar-refractivity contribution is -0.213. The summed E-state index contributed by atoms with van der Waals surface area (Å²) in [5, 5.41) is 0. The molecule has 1 saturated heterocycles. The van der Waals surface area contributed by atoms with Crippen LogP contribution < -0.4 is 0 Å². The first-order chi connectivity index (χ1) is 6.87. The molecule has 82 valence electrons. The van der Waals surface area contributed by atoms with Crippen LogP contribution in [0.4, 0.5) is 0 Å². The van der Waals surface area contributed by atoms with E-state index in [2.05, 4.69) is 27.4 Å². The molecule has 1 heterocycles. The predicted molar refractivity (Wildman–Crippen MR) is 57.1 cm³/mol. The normalized spacial score (nSPS) is 50.7. The van der Waals surface area contributed by atoms with E-state index in [1.807, 2.05) is 0 Å². The lowest BCUT2D eigenvalue weighted by atomic mass is 9.42. The third-order valence-corrected chi connectivity index (χ3v) is 5.37. The van der Waals surface area contributed by atoms with Gasteiger partial charge in [0.05, 0.1) is 0 Å². The fourth-order valence-corrected chi connectivity index (χ4v) is 4.19. The van der Waals surface area contributed by atoms with E-state index in [1.54, 1.807) is 0 Å². The van der Waals surface area contributed by atoms with Crippen molar-refractivity contribution in [3.05, 3.63) is 12.2 Å². The Morgan fingerprint density at radius 1 is 1.33 bits per heavy atom. The van der Waals surface area contributed by atoms with E-state index < -0.39 is 0 Å². The van der Waals surface area contributed by atoms with Gasteiger partial charge >= 0.3 is 5.97 Å². The Kier molecular flexibility index (Phi) is 1.45. The first-order valence-corrected chi connectivity index (χ1v) is 5.79. The second-order valence-electron chi connectivity index (χ2n) is 6.19. The lowest BCUT2D eigenvalue weighted by Crippen LogP contribution is -2.63. The molecule has 0 spiro atoms. The van der Waals surface area contributed by atoms with Gasteiger partial charge in [-0.15, -0.1) is 0 Å². The highest BCUT2D eigenvalue weighted by Crippen LogP contribution is 2.68. The van der Waals surface area contributed by atoms with Gasteiger partial charge in [-0.3, -0.25) is 0 Å². The van der Waals surface area contributed by atoms with Crippen LogP contribution in [0.1, 0.15) is 33.6 Å². The smallest absolute Gasteiger partial charge is 0.334 e. The van der Waals surface area contributed by atoms with E-state index in [0.717, 1.165) is 12.3 Å². The monoisotopic (exact) mass is 206 g/mol. The van der Waals surface area contributed by atoms with E-state index in [4.69, 9.17) is 4.74 Å². The lowest BCUT2D eigenvalue weighted by Gasteiger charge is -2.64. The number of ether oxygens (including phenoxy) is 1. The molecule has 1 aliphatic heterocycles. The topological polar surface area (TPSA) is 26.3 Å². The van der Waals surface area contributed by atoms with Gasteiger partial charge in [0.25, 0.3) is 0 Å². The Hall–Kier alpha value is -0.790. The highest BCUT2D eigenvalue weighted by Gasteiger charge is 2.68. The number of hydrogen-bond donors (Lipinski definition) is 0. The van der Waals surface area contributed by atoms with Gasteiger partial charge in [-0.2, -0.15) is 0 Å². The molecule has 0 radical (unpaired) electrons. The summed E-state index contributed by atoms with van der Waals surface area (Å²) in [6.45, 7) is 10.6. The van der Waals surface area contributed by atoms with Crippen molar-refractivity contribution in [1.29, 1.82) is 0 Å². The van der Waals surface area contributed by atoms with Crippen molar-refractivity contribution in [3.8, 4) is 0 Å². The van der Waals surface area contributed by atoms with Crippen LogP contribution in [0.15, 0.2) is 12.2 Å². The molecule has 4 atom stereocenters. The predicted octanol–water partition coefficient (Wildman–Crippen LogP) is 2.54. The van der Waals surface area contributed by atoms with Crippen LogP contribution in [-0.2, 0) is 9.53 Å².